The zero-order valence-corrected chi connectivity index (χ0v) is 48.2. The molecule has 17 aromatic rings. The highest BCUT2D eigenvalue weighted by atomic mass is 15.1. The molecule has 0 bridgehead atoms. The predicted molar refractivity (Wildman–Crippen MR) is 378 cm³/mol. The molecule has 0 amide bonds. The second-order valence-corrected chi connectivity index (χ2v) is 23.1. The Morgan fingerprint density at radius 3 is 0.841 bits per heavy atom. The summed E-state index contributed by atoms with van der Waals surface area (Å²) in [5.74, 6) is 0. The summed E-state index contributed by atoms with van der Waals surface area (Å²) in [6.07, 6.45) is 0. The first-order valence-corrected chi connectivity index (χ1v) is 30.4. The predicted octanol–water partition coefficient (Wildman–Crippen LogP) is 24.5. The molecule has 0 heterocycles. The van der Waals surface area contributed by atoms with Crippen LogP contribution in [-0.4, -0.2) is 0 Å². The van der Waals surface area contributed by atoms with Gasteiger partial charge in [-0.15, -0.1) is 0 Å². The quantitative estimate of drug-likeness (QED) is 0.0995. The molecule has 0 N–H and O–H groups in total. The fraction of sp³-hybridized carbons (Fsp3) is 0. The van der Waals surface area contributed by atoms with Crippen molar-refractivity contribution >= 4 is 120 Å². The van der Waals surface area contributed by atoms with Crippen molar-refractivity contribution < 1.29 is 0 Å². The van der Waals surface area contributed by atoms with E-state index >= 15 is 0 Å². The molecule has 0 unspecified atom stereocenters. The van der Waals surface area contributed by atoms with Crippen molar-refractivity contribution in [2.45, 2.75) is 0 Å². The van der Waals surface area contributed by atoms with E-state index in [2.05, 4.69) is 350 Å². The Morgan fingerprint density at radius 1 is 0.159 bits per heavy atom. The Hall–Kier alpha value is -11.6. The normalized spacial score (nSPS) is 11.6. The maximum atomic E-state index is 2.47. The Bertz CT molecular complexity index is 5180. The van der Waals surface area contributed by atoms with Gasteiger partial charge < -0.3 is 9.80 Å². The van der Waals surface area contributed by atoms with Crippen LogP contribution in [0.25, 0.3) is 131 Å². The fourth-order valence-corrected chi connectivity index (χ4v) is 14.1. The number of hydrogen-bond acceptors (Lipinski definition) is 2. The Kier molecular flexibility index (Phi) is 12.3. The molecule has 17 aromatic carbocycles. The minimum atomic E-state index is 1.09. The van der Waals surface area contributed by atoms with E-state index in [1.54, 1.807) is 0 Å². The third-order valence-electron chi connectivity index (χ3n) is 18.1. The average molecular weight is 1120 g/mol. The first kappa shape index (κ1) is 50.9. The molecule has 0 saturated carbocycles. The van der Waals surface area contributed by atoms with Crippen LogP contribution in [0.15, 0.2) is 340 Å². The number of fused-ring (bicyclic) bond motifs is 12. The molecule has 88 heavy (non-hydrogen) atoms. The van der Waals surface area contributed by atoms with Crippen LogP contribution in [0.4, 0.5) is 34.1 Å². The molecule has 410 valence electrons. The molecule has 0 aliphatic rings. The topological polar surface area (TPSA) is 6.48 Å². The molecule has 0 aliphatic carbocycles. The van der Waals surface area contributed by atoms with E-state index in [4.69, 9.17) is 0 Å². The Balaban J connectivity index is 0.972. The molecule has 0 atom stereocenters. The summed E-state index contributed by atoms with van der Waals surface area (Å²) in [5.41, 5.74) is 16.2. The number of para-hydroxylation sites is 2. The van der Waals surface area contributed by atoms with Crippen molar-refractivity contribution in [3.05, 3.63) is 340 Å². The highest BCUT2D eigenvalue weighted by Crippen LogP contribution is 2.53. The maximum Gasteiger partial charge on any atom is 0.0468 e. The number of hydrogen-bond donors (Lipinski definition) is 0. The second kappa shape index (κ2) is 21.2. The average Bonchev–Trinajstić information content (AvgIpc) is 0.767. The van der Waals surface area contributed by atoms with Gasteiger partial charge in [-0.25, -0.2) is 0 Å². The minimum Gasteiger partial charge on any atom is -0.310 e. The second-order valence-electron chi connectivity index (χ2n) is 23.1. The van der Waals surface area contributed by atoms with Crippen LogP contribution in [0, 0.1) is 0 Å². The molecule has 0 aliphatic heterocycles. The van der Waals surface area contributed by atoms with Gasteiger partial charge in [-0.2, -0.15) is 0 Å². The zero-order chi connectivity index (χ0) is 58.1. The lowest BCUT2D eigenvalue weighted by molar-refractivity contribution is 1.29. The molecule has 2 heteroatoms. The number of rotatable bonds is 10. The summed E-state index contributed by atoms with van der Waals surface area (Å²) in [6.45, 7) is 0. The van der Waals surface area contributed by atoms with Gasteiger partial charge in [0.15, 0.2) is 0 Å². The van der Waals surface area contributed by atoms with Crippen molar-refractivity contribution in [3.8, 4) is 44.5 Å². The van der Waals surface area contributed by atoms with Crippen molar-refractivity contribution in [1.29, 1.82) is 0 Å². The van der Waals surface area contributed by atoms with Crippen molar-refractivity contribution in [2.75, 3.05) is 9.80 Å². The molecule has 0 fully saturated rings. The van der Waals surface area contributed by atoms with E-state index in [-0.39, 0.29) is 0 Å². The van der Waals surface area contributed by atoms with Gasteiger partial charge in [0, 0.05) is 34.1 Å². The minimum absolute atomic E-state index is 1.09. The third kappa shape index (κ3) is 8.56. The summed E-state index contributed by atoms with van der Waals surface area (Å²) >= 11 is 0. The number of anilines is 6. The lowest BCUT2D eigenvalue weighted by Crippen LogP contribution is -2.09. The summed E-state index contributed by atoms with van der Waals surface area (Å²) in [5, 5.41) is 19.4. The van der Waals surface area contributed by atoms with Crippen molar-refractivity contribution in [2.24, 2.45) is 0 Å². The van der Waals surface area contributed by atoms with Gasteiger partial charge >= 0.3 is 0 Å². The van der Waals surface area contributed by atoms with Crippen LogP contribution in [0.5, 0.6) is 0 Å². The SMILES string of the molecule is c1ccc(-c2ccc(N(c3ccccc3)c3ccc4c(ccc5c(-c6cc7ccccc7c7ccccc67)c6c(ccc7cc(N(c8ccccc8)c8ccc(-c9ccccc9)cc8)ccc76)c(-c6cc7ccccc7c7ccccc67)c54)c3)cc2)cc1. The van der Waals surface area contributed by atoms with Gasteiger partial charge in [-0.05, 0) is 216 Å². The maximum absolute atomic E-state index is 2.47. The lowest BCUT2D eigenvalue weighted by atomic mass is 9.79. The molecule has 0 spiro atoms. The van der Waals surface area contributed by atoms with Crippen LogP contribution >= 0.6 is 0 Å². The Morgan fingerprint density at radius 2 is 0.443 bits per heavy atom. The van der Waals surface area contributed by atoms with Crippen LogP contribution < -0.4 is 9.80 Å². The van der Waals surface area contributed by atoms with Gasteiger partial charge in [0.1, 0.15) is 0 Å². The van der Waals surface area contributed by atoms with E-state index in [0.29, 0.717) is 0 Å². The first-order chi connectivity index (χ1) is 43.7. The Labute approximate surface area is 511 Å². The molecule has 17 rings (SSSR count). The standard InChI is InChI=1S/C86H56N2/c1-5-21-57(22-6-1)59-37-43-67(44-38-59)87(65-27-9-3-10-28-65)69-47-51-73-63(53-69)41-49-79-83(73)85(81-55-61-25-13-15-31-71(61)75-33-17-19-35-77(75)81)80-50-42-64-54-70(88(66-29-11-4-12-30-66)68-45-39-60(40-46-68)58-23-7-2-8-24-58)48-52-74(64)84(80)86(79)82-56-62-26-14-16-32-72(62)76-34-18-20-36-78(76)82/h1-56H. The van der Waals surface area contributed by atoms with Gasteiger partial charge in [0.2, 0.25) is 0 Å². The summed E-state index contributed by atoms with van der Waals surface area (Å²) in [6, 6.07) is 126. The largest absolute Gasteiger partial charge is 0.310 e. The fourth-order valence-electron chi connectivity index (χ4n) is 14.1. The van der Waals surface area contributed by atoms with E-state index in [1.807, 2.05) is 0 Å². The third-order valence-corrected chi connectivity index (χ3v) is 18.1. The molecule has 0 saturated heterocycles. The first-order valence-electron chi connectivity index (χ1n) is 30.4. The lowest BCUT2D eigenvalue weighted by Gasteiger charge is -2.27. The molecule has 0 aromatic heterocycles. The van der Waals surface area contributed by atoms with Gasteiger partial charge in [-0.3, -0.25) is 0 Å². The van der Waals surface area contributed by atoms with E-state index in [0.717, 1.165) is 44.9 Å². The van der Waals surface area contributed by atoms with E-state index in [1.165, 1.54) is 120 Å². The van der Waals surface area contributed by atoms with Crippen LogP contribution in [0.1, 0.15) is 0 Å². The van der Waals surface area contributed by atoms with Gasteiger partial charge in [-0.1, -0.05) is 255 Å². The van der Waals surface area contributed by atoms with Crippen molar-refractivity contribution in [3.63, 3.8) is 0 Å². The van der Waals surface area contributed by atoms with Crippen LogP contribution in [0.3, 0.4) is 0 Å². The molecule has 2 nitrogen and oxygen atoms in total. The molecular weight excluding hydrogens is 1060 g/mol. The molecule has 0 radical (unpaired) electrons. The van der Waals surface area contributed by atoms with Crippen LogP contribution in [-0.2, 0) is 0 Å². The van der Waals surface area contributed by atoms with Gasteiger partial charge in [0.05, 0.1) is 0 Å². The zero-order valence-electron chi connectivity index (χ0n) is 48.2. The van der Waals surface area contributed by atoms with Gasteiger partial charge in [0.25, 0.3) is 0 Å². The van der Waals surface area contributed by atoms with Crippen LogP contribution in [0.2, 0.25) is 0 Å². The highest BCUT2D eigenvalue weighted by molar-refractivity contribution is 6.36. The van der Waals surface area contributed by atoms with E-state index in [9.17, 15) is 0 Å². The van der Waals surface area contributed by atoms with E-state index < -0.39 is 0 Å². The monoisotopic (exact) mass is 1120 g/mol. The number of nitrogens with zero attached hydrogens (tertiary/aromatic N) is 2. The summed E-state index contributed by atoms with van der Waals surface area (Å²) in [4.78, 5) is 4.78. The van der Waals surface area contributed by atoms with Crippen molar-refractivity contribution in [1.82, 2.24) is 0 Å². The number of benzene rings is 17. The smallest absolute Gasteiger partial charge is 0.0468 e. The highest BCUT2D eigenvalue weighted by Gasteiger charge is 2.26. The molecular formula is C86H56N2. The summed E-state index contributed by atoms with van der Waals surface area (Å²) < 4.78 is 0. The summed E-state index contributed by atoms with van der Waals surface area (Å²) in [7, 11) is 0.